The van der Waals surface area contributed by atoms with Crippen molar-refractivity contribution in [3.05, 3.63) is 33.6 Å². The van der Waals surface area contributed by atoms with Crippen molar-refractivity contribution in [3.63, 3.8) is 0 Å². The summed E-state index contributed by atoms with van der Waals surface area (Å²) in [6.07, 6.45) is 2.91. The van der Waals surface area contributed by atoms with Crippen LogP contribution in [0.15, 0.2) is 12.1 Å². The van der Waals surface area contributed by atoms with Crippen molar-refractivity contribution in [2.75, 3.05) is 6.54 Å². The van der Waals surface area contributed by atoms with Gasteiger partial charge in [0.05, 0.1) is 16.1 Å². The highest BCUT2D eigenvalue weighted by molar-refractivity contribution is 6.42. The Labute approximate surface area is 122 Å². The number of hydrogen-bond donors (Lipinski definition) is 2. The van der Waals surface area contributed by atoms with Crippen LogP contribution in [0.3, 0.4) is 0 Å². The Kier molecular flexibility index (Phi) is 4.72. The van der Waals surface area contributed by atoms with Gasteiger partial charge in [-0.2, -0.15) is 0 Å². The van der Waals surface area contributed by atoms with Crippen LogP contribution in [-0.4, -0.2) is 17.2 Å². The average Bonchev–Trinajstić information content (AvgIpc) is 2.84. The van der Waals surface area contributed by atoms with Crippen LogP contribution in [0.25, 0.3) is 0 Å². The fourth-order valence-electron chi connectivity index (χ4n) is 2.91. The SMILES string of the molecule is CCCC1(C(O)c2cc(F)c(Cl)c(Cl)c2)CCCN1. The molecule has 0 aromatic heterocycles. The maximum absolute atomic E-state index is 13.7. The number of aliphatic hydroxyl groups excluding tert-OH is 1. The van der Waals surface area contributed by atoms with Crippen molar-refractivity contribution in [1.82, 2.24) is 5.32 Å². The highest BCUT2D eigenvalue weighted by Crippen LogP contribution is 2.39. The van der Waals surface area contributed by atoms with Gasteiger partial charge in [0.15, 0.2) is 0 Å². The van der Waals surface area contributed by atoms with Gasteiger partial charge in [-0.05, 0) is 43.5 Å². The summed E-state index contributed by atoms with van der Waals surface area (Å²) in [5.74, 6) is -0.590. The van der Waals surface area contributed by atoms with E-state index in [9.17, 15) is 9.50 Å². The summed E-state index contributed by atoms with van der Waals surface area (Å²) >= 11 is 11.6. The summed E-state index contributed by atoms with van der Waals surface area (Å²) in [7, 11) is 0. The molecule has 0 spiro atoms. The minimum absolute atomic E-state index is 0.0958. The number of nitrogens with one attached hydrogen (secondary N) is 1. The fourth-order valence-corrected chi connectivity index (χ4v) is 3.24. The first kappa shape index (κ1) is 15.0. The molecule has 0 bridgehead atoms. The molecule has 0 radical (unpaired) electrons. The molecule has 1 aliphatic heterocycles. The molecule has 1 fully saturated rings. The standard InChI is InChI=1S/C14H18Cl2FNO/c1-2-4-14(5-3-6-18-14)13(19)9-7-10(15)12(16)11(17)8-9/h7-8,13,18-19H,2-6H2,1H3. The Morgan fingerprint density at radius 3 is 2.74 bits per heavy atom. The lowest BCUT2D eigenvalue weighted by Crippen LogP contribution is -2.45. The second-order valence-electron chi connectivity index (χ2n) is 5.14. The summed E-state index contributed by atoms with van der Waals surface area (Å²) in [5.41, 5.74) is 0.105. The number of hydrogen-bond acceptors (Lipinski definition) is 2. The second kappa shape index (κ2) is 5.96. The van der Waals surface area contributed by atoms with E-state index in [1.165, 1.54) is 6.07 Å². The Morgan fingerprint density at radius 1 is 1.47 bits per heavy atom. The predicted octanol–water partition coefficient (Wildman–Crippen LogP) is 4.09. The zero-order chi connectivity index (χ0) is 14.0. The Balaban J connectivity index is 2.34. The molecule has 2 atom stereocenters. The van der Waals surface area contributed by atoms with Crippen LogP contribution >= 0.6 is 23.2 Å². The lowest BCUT2D eigenvalue weighted by atomic mass is 9.82. The van der Waals surface area contributed by atoms with Crippen molar-refractivity contribution in [3.8, 4) is 0 Å². The molecule has 2 rings (SSSR count). The molecule has 2 nitrogen and oxygen atoms in total. The van der Waals surface area contributed by atoms with E-state index in [2.05, 4.69) is 12.2 Å². The summed E-state index contributed by atoms with van der Waals surface area (Å²) < 4.78 is 13.7. The molecular formula is C14H18Cl2FNO. The van der Waals surface area contributed by atoms with Crippen LogP contribution in [-0.2, 0) is 0 Å². The molecule has 1 aliphatic rings. The third-order valence-electron chi connectivity index (χ3n) is 3.82. The molecule has 2 unspecified atom stereocenters. The van der Waals surface area contributed by atoms with Crippen LogP contribution in [0.1, 0.15) is 44.3 Å². The van der Waals surface area contributed by atoms with Crippen LogP contribution < -0.4 is 5.32 Å². The van der Waals surface area contributed by atoms with Crippen molar-refractivity contribution < 1.29 is 9.50 Å². The molecule has 5 heteroatoms. The molecule has 1 heterocycles. The molecular weight excluding hydrogens is 288 g/mol. The van der Waals surface area contributed by atoms with E-state index < -0.39 is 11.9 Å². The van der Waals surface area contributed by atoms with E-state index in [0.717, 1.165) is 32.2 Å². The van der Waals surface area contributed by atoms with Gasteiger partial charge in [0.1, 0.15) is 5.82 Å². The lowest BCUT2D eigenvalue weighted by Gasteiger charge is -2.35. The van der Waals surface area contributed by atoms with Crippen LogP contribution in [0, 0.1) is 5.82 Å². The highest BCUT2D eigenvalue weighted by atomic mass is 35.5. The van der Waals surface area contributed by atoms with Crippen molar-refractivity contribution >= 4 is 23.2 Å². The zero-order valence-electron chi connectivity index (χ0n) is 10.8. The zero-order valence-corrected chi connectivity index (χ0v) is 12.4. The average molecular weight is 306 g/mol. The Morgan fingerprint density at radius 2 is 2.21 bits per heavy atom. The first-order valence-corrected chi connectivity index (χ1v) is 7.33. The van der Waals surface area contributed by atoms with E-state index in [1.807, 2.05) is 0 Å². The van der Waals surface area contributed by atoms with Gasteiger partial charge >= 0.3 is 0 Å². The maximum Gasteiger partial charge on any atom is 0.143 e. The molecule has 106 valence electrons. The monoisotopic (exact) mass is 305 g/mol. The van der Waals surface area contributed by atoms with E-state index in [-0.39, 0.29) is 15.6 Å². The maximum atomic E-state index is 13.7. The fraction of sp³-hybridized carbons (Fsp3) is 0.571. The third-order valence-corrected chi connectivity index (χ3v) is 4.60. The molecule has 0 saturated carbocycles. The summed E-state index contributed by atoms with van der Waals surface area (Å²) in [5, 5.41) is 14.0. The lowest BCUT2D eigenvalue weighted by molar-refractivity contribution is 0.0634. The van der Waals surface area contributed by atoms with E-state index >= 15 is 0 Å². The molecule has 2 N–H and O–H groups in total. The first-order chi connectivity index (χ1) is 9.00. The van der Waals surface area contributed by atoms with Crippen LogP contribution in [0.5, 0.6) is 0 Å². The number of aliphatic hydroxyl groups is 1. The molecule has 1 aromatic rings. The predicted molar refractivity (Wildman–Crippen MR) is 76.3 cm³/mol. The largest absolute Gasteiger partial charge is 0.386 e. The van der Waals surface area contributed by atoms with Crippen molar-refractivity contribution in [1.29, 1.82) is 0 Å². The summed E-state index contributed by atoms with van der Waals surface area (Å²) in [6.45, 7) is 2.95. The smallest absolute Gasteiger partial charge is 0.143 e. The summed E-state index contributed by atoms with van der Waals surface area (Å²) in [6, 6.07) is 2.82. The van der Waals surface area contributed by atoms with Crippen molar-refractivity contribution in [2.45, 2.75) is 44.2 Å². The van der Waals surface area contributed by atoms with Gasteiger partial charge in [0.25, 0.3) is 0 Å². The first-order valence-electron chi connectivity index (χ1n) is 6.57. The van der Waals surface area contributed by atoms with Crippen LogP contribution in [0.4, 0.5) is 4.39 Å². The summed E-state index contributed by atoms with van der Waals surface area (Å²) in [4.78, 5) is 0. The molecule has 1 saturated heterocycles. The minimum Gasteiger partial charge on any atom is -0.386 e. The van der Waals surface area contributed by atoms with E-state index in [0.29, 0.717) is 5.56 Å². The van der Waals surface area contributed by atoms with E-state index in [4.69, 9.17) is 23.2 Å². The molecule has 1 aromatic carbocycles. The quantitative estimate of drug-likeness (QED) is 0.821. The van der Waals surface area contributed by atoms with Gasteiger partial charge in [-0.1, -0.05) is 36.5 Å². The van der Waals surface area contributed by atoms with Gasteiger partial charge in [-0.15, -0.1) is 0 Å². The van der Waals surface area contributed by atoms with Crippen molar-refractivity contribution in [2.24, 2.45) is 0 Å². The normalized spacial score (nSPS) is 24.7. The van der Waals surface area contributed by atoms with Crippen LogP contribution in [0.2, 0.25) is 10.0 Å². The molecule has 0 aliphatic carbocycles. The number of rotatable bonds is 4. The highest BCUT2D eigenvalue weighted by Gasteiger charge is 2.40. The number of benzene rings is 1. The van der Waals surface area contributed by atoms with Gasteiger partial charge < -0.3 is 10.4 Å². The van der Waals surface area contributed by atoms with E-state index in [1.54, 1.807) is 6.07 Å². The minimum atomic E-state index is -0.779. The van der Waals surface area contributed by atoms with Gasteiger partial charge in [-0.25, -0.2) is 4.39 Å². The molecule has 19 heavy (non-hydrogen) atoms. The Bertz CT molecular complexity index is 438. The van der Waals surface area contributed by atoms with Gasteiger partial charge in [-0.3, -0.25) is 0 Å². The van der Waals surface area contributed by atoms with Gasteiger partial charge in [0, 0.05) is 5.54 Å². The molecule has 0 amide bonds. The topological polar surface area (TPSA) is 32.3 Å². The second-order valence-corrected chi connectivity index (χ2v) is 5.92. The van der Waals surface area contributed by atoms with Gasteiger partial charge in [0.2, 0.25) is 0 Å². The Hall–Kier alpha value is -0.350. The number of halogens is 3. The third kappa shape index (κ3) is 2.89.